The van der Waals surface area contributed by atoms with E-state index in [4.69, 9.17) is 4.98 Å². The van der Waals surface area contributed by atoms with Crippen LogP contribution in [0.3, 0.4) is 0 Å². The first kappa shape index (κ1) is 15.1. The molecule has 0 spiro atoms. The van der Waals surface area contributed by atoms with Crippen LogP contribution in [0, 0.1) is 6.92 Å². The van der Waals surface area contributed by atoms with E-state index < -0.39 is 0 Å². The first-order chi connectivity index (χ1) is 11.7. The molecule has 0 bridgehead atoms. The molecule has 0 aliphatic heterocycles. The van der Waals surface area contributed by atoms with Gasteiger partial charge in [0.2, 0.25) is 0 Å². The van der Waals surface area contributed by atoms with Crippen LogP contribution in [0.2, 0.25) is 0 Å². The predicted octanol–water partition coefficient (Wildman–Crippen LogP) is 3.42. The SMILES string of the molecule is Cc1cnn2c(-c3ccccc3)cc(NC3CCC(O)CC3)nc12. The summed E-state index contributed by atoms with van der Waals surface area (Å²) in [7, 11) is 0. The fourth-order valence-electron chi connectivity index (χ4n) is 3.39. The van der Waals surface area contributed by atoms with Gasteiger partial charge in [0.1, 0.15) is 5.82 Å². The Kier molecular flexibility index (Phi) is 3.94. The molecular formula is C19H22N4O. The largest absolute Gasteiger partial charge is 0.393 e. The van der Waals surface area contributed by atoms with Gasteiger partial charge in [-0.15, -0.1) is 0 Å². The average Bonchev–Trinajstić information content (AvgIpc) is 2.98. The Morgan fingerprint density at radius 3 is 2.62 bits per heavy atom. The van der Waals surface area contributed by atoms with Gasteiger partial charge in [0, 0.05) is 23.2 Å². The minimum atomic E-state index is -0.143. The first-order valence-corrected chi connectivity index (χ1v) is 8.56. The maximum Gasteiger partial charge on any atom is 0.160 e. The van der Waals surface area contributed by atoms with Crippen molar-refractivity contribution < 1.29 is 5.11 Å². The van der Waals surface area contributed by atoms with E-state index in [1.807, 2.05) is 35.8 Å². The fraction of sp³-hybridized carbons (Fsp3) is 0.368. The molecule has 0 unspecified atom stereocenters. The quantitative estimate of drug-likeness (QED) is 0.775. The normalized spacial score (nSPS) is 21.1. The third-order valence-corrected chi connectivity index (χ3v) is 4.77. The molecule has 2 heterocycles. The van der Waals surface area contributed by atoms with E-state index in [9.17, 15) is 5.11 Å². The zero-order chi connectivity index (χ0) is 16.5. The first-order valence-electron chi connectivity index (χ1n) is 8.56. The van der Waals surface area contributed by atoms with E-state index in [1.54, 1.807) is 0 Å². The molecule has 3 aromatic rings. The standard InChI is InChI=1S/C19H22N4O/c1-13-12-20-23-17(14-5-3-2-4-6-14)11-18(22-19(13)23)21-15-7-9-16(24)10-8-15/h2-6,11-12,15-16,24H,7-10H2,1H3,(H,21,22). The highest BCUT2D eigenvalue weighted by Gasteiger charge is 2.20. The van der Waals surface area contributed by atoms with Crippen molar-refractivity contribution in [2.24, 2.45) is 0 Å². The number of aryl methyl sites for hydroxylation is 1. The maximum absolute atomic E-state index is 9.68. The minimum absolute atomic E-state index is 0.143. The van der Waals surface area contributed by atoms with Crippen molar-refractivity contribution in [3.8, 4) is 11.3 Å². The number of rotatable bonds is 3. The van der Waals surface area contributed by atoms with Gasteiger partial charge in [-0.2, -0.15) is 5.10 Å². The lowest BCUT2D eigenvalue weighted by atomic mass is 9.93. The number of fused-ring (bicyclic) bond motifs is 1. The van der Waals surface area contributed by atoms with Crippen LogP contribution < -0.4 is 5.32 Å². The summed E-state index contributed by atoms with van der Waals surface area (Å²) in [6, 6.07) is 12.7. The molecule has 0 radical (unpaired) electrons. The van der Waals surface area contributed by atoms with E-state index in [0.29, 0.717) is 6.04 Å². The Labute approximate surface area is 141 Å². The van der Waals surface area contributed by atoms with Crippen molar-refractivity contribution >= 4 is 11.5 Å². The summed E-state index contributed by atoms with van der Waals surface area (Å²) < 4.78 is 1.90. The highest BCUT2D eigenvalue weighted by molar-refractivity contribution is 5.68. The van der Waals surface area contributed by atoms with Gasteiger partial charge in [0.05, 0.1) is 18.0 Å². The molecule has 5 heteroatoms. The van der Waals surface area contributed by atoms with E-state index >= 15 is 0 Å². The van der Waals surface area contributed by atoms with E-state index in [-0.39, 0.29) is 6.10 Å². The maximum atomic E-state index is 9.68. The van der Waals surface area contributed by atoms with Crippen LogP contribution in [0.15, 0.2) is 42.6 Å². The molecule has 124 valence electrons. The number of benzene rings is 1. The number of nitrogens with zero attached hydrogens (tertiary/aromatic N) is 3. The lowest BCUT2D eigenvalue weighted by molar-refractivity contribution is 0.126. The summed E-state index contributed by atoms with van der Waals surface area (Å²) in [6.07, 6.45) is 5.39. The number of hydrogen-bond acceptors (Lipinski definition) is 4. The number of aliphatic hydroxyl groups excluding tert-OH is 1. The second kappa shape index (κ2) is 6.24. The van der Waals surface area contributed by atoms with Gasteiger partial charge in [-0.3, -0.25) is 0 Å². The fourth-order valence-corrected chi connectivity index (χ4v) is 3.39. The van der Waals surface area contributed by atoms with Crippen LogP contribution >= 0.6 is 0 Å². The Hall–Kier alpha value is -2.40. The van der Waals surface area contributed by atoms with Crippen LogP contribution in [0.4, 0.5) is 5.82 Å². The van der Waals surface area contributed by atoms with Crippen molar-refractivity contribution in [2.45, 2.75) is 44.8 Å². The average molecular weight is 322 g/mol. The molecule has 1 aliphatic carbocycles. The minimum Gasteiger partial charge on any atom is -0.393 e. The van der Waals surface area contributed by atoms with Gasteiger partial charge in [-0.05, 0) is 32.6 Å². The number of aliphatic hydroxyl groups is 1. The smallest absolute Gasteiger partial charge is 0.160 e. The highest BCUT2D eigenvalue weighted by atomic mass is 16.3. The lowest BCUT2D eigenvalue weighted by Gasteiger charge is -2.26. The predicted molar refractivity (Wildman–Crippen MR) is 95.0 cm³/mol. The molecule has 4 rings (SSSR count). The zero-order valence-electron chi connectivity index (χ0n) is 13.8. The van der Waals surface area contributed by atoms with Crippen LogP contribution in [0.5, 0.6) is 0 Å². The third-order valence-electron chi connectivity index (χ3n) is 4.77. The Balaban J connectivity index is 1.72. The molecule has 1 aromatic carbocycles. The molecule has 2 N–H and O–H groups in total. The van der Waals surface area contributed by atoms with Crippen molar-refractivity contribution in [3.63, 3.8) is 0 Å². The summed E-state index contributed by atoms with van der Waals surface area (Å²) in [5.74, 6) is 0.881. The molecule has 0 saturated heterocycles. The third kappa shape index (κ3) is 2.87. The summed E-state index contributed by atoms with van der Waals surface area (Å²) in [5, 5.41) is 17.7. The molecule has 1 fully saturated rings. The molecule has 1 aliphatic rings. The summed E-state index contributed by atoms with van der Waals surface area (Å²) >= 11 is 0. The highest BCUT2D eigenvalue weighted by Crippen LogP contribution is 2.26. The molecule has 1 saturated carbocycles. The van der Waals surface area contributed by atoms with Crippen LogP contribution in [-0.2, 0) is 0 Å². The second-order valence-electron chi connectivity index (χ2n) is 6.61. The van der Waals surface area contributed by atoms with Gasteiger partial charge < -0.3 is 10.4 Å². The van der Waals surface area contributed by atoms with Crippen LogP contribution in [0.25, 0.3) is 16.9 Å². The van der Waals surface area contributed by atoms with Gasteiger partial charge >= 0.3 is 0 Å². The molecule has 2 aromatic heterocycles. The molecule has 24 heavy (non-hydrogen) atoms. The summed E-state index contributed by atoms with van der Waals surface area (Å²) in [6.45, 7) is 2.03. The topological polar surface area (TPSA) is 62.5 Å². The van der Waals surface area contributed by atoms with Gasteiger partial charge in [-0.1, -0.05) is 30.3 Å². The van der Waals surface area contributed by atoms with Crippen LogP contribution in [-0.4, -0.2) is 31.9 Å². The summed E-state index contributed by atoms with van der Waals surface area (Å²) in [5.41, 5.74) is 4.10. The van der Waals surface area contributed by atoms with Crippen molar-refractivity contribution in [1.82, 2.24) is 14.6 Å². The number of anilines is 1. The van der Waals surface area contributed by atoms with E-state index in [2.05, 4.69) is 28.6 Å². The molecule has 0 atom stereocenters. The Bertz CT molecular complexity index is 835. The lowest BCUT2D eigenvalue weighted by Crippen LogP contribution is -2.28. The van der Waals surface area contributed by atoms with Crippen LogP contribution in [0.1, 0.15) is 31.2 Å². The van der Waals surface area contributed by atoms with E-state index in [1.165, 1.54) is 0 Å². The number of nitrogens with one attached hydrogen (secondary N) is 1. The van der Waals surface area contributed by atoms with Crippen molar-refractivity contribution in [2.75, 3.05) is 5.32 Å². The zero-order valence-corrected chi connectivity index (χ0v) is 13.8. The second-order valence-corrected chi connectivity index (χ2v) is 6.61. The monoisotopic (exact) mass is 322 g/mol. The van der Waals surface area contributed by atoms with Gasteiger partial charge in [-0.25, -0.2) is 9.50 Å². The number of hydrogen-bond donors (Lipinski definition) is 2. The molecule has 0 amide bonds. The van der Waals surface area contributed by atoms with Gasteiger partial charge in [0.25, 0.3) is 0 Å². The van der Waals surface area contributed by atoms with Crippen molar-refractivity contribution in [3.05, 3.63) is 48.2 Å². The Morgan fingerprint density at radius 1 is 1.12 bits per heavy atom. The van der Waals surface area contributed by atoms with Crippen molar-refractivity contribution in [1.29, 1.82) is 0 Å². The summed E-state index contributed by atoms with van der Waals surface area (Å²) in [4.78, 5) is 4.76. The molecular weight excluding hydrogens is 300 g/mol. The molecule has 5 nitrogen and oxygen atoms in total. The number of aromatic nitrogens is 3. The van der Waals surface area contributed by atoms with Gasteiger partial charge in [0.15, 0.2) is 5.65 Å². The Morgan fingerprint density at radius 2 is 1.88 bits per heavy atom. The van der Waals surface area contributed by atoms with E-state index in [0.717, 1.165) is 54.0 Å².